The van der Waals surface area contributed by atoms with Crippen LogP contribution in [0.1, 0.15) is 15.2 Å². The van der Waals surface area contributed by atoms with Crippen molar-refractivity contribution in [1.82, 2.24) is 5.32 Å². The van der Waals surface area contributed by atoms with Crippen LogP contribution in [0.4, 0.5) is 5.00 Å². The second-order valence-electron chi connectivity index (χ2n) is 5.12. The number of rotatable bonds is 9. The lowest BCUT2D eigenvalue weighted by Crippen LogP contribution is -2.34. The Balaban J connectivity index is 1.69. The summed E-state index contributed by atoms with van der Waals surface area (Å²) in [7, 11) is 1.59. The molecule has 2 rings (SSSR count). The number of nitrogens with one attached hydrogen (secondary N) is 1. The van der Waals surface area contributed by atoms with E-state index >= 15 is 0 Å². The van der Waals surface area contributed by atoms with Crippen molar-refractivity contribution >= 4 is 22.2 Å². The lowest BCUT2D eigenvalue weighted by atomic mass is 10.2. The molecule has 1 heterocycles. The molecule has 0 aliphatic rings. The number of ether oxygens (including phenoxy) is 2. The van der Waals surface area contributed by atoms with E-state index in [0.29, 0.717) is 6.61 Å². The summed E-state index contributed by atoms with van der Waals surface area (Å²) in [6.07, 6.45) is -0.878. The smallest absolute Gasteiger partial charge is 0.324 e. The molecule has 0 saturated carbocycles. The Bertz CT molecular complexity index is 716. The number of hydrogen-bond donors (Lipinski definition) is 2. The molecule has 0 aliphatic heterocycles. The summed E-state index contributed by atoms with van der Waals surface area (Å²) in [5.41, 5.74) is 0.933. The van der Waals surface area contributed by atoms with E-state index in [9.17, 15) is 20.0 Å². The average molecular weight is 366 g/mol. The van der Waals surface area contributed by atoms with Gasteiger partial charge in [-0.05, 0) is 23.8 Å². The van der Waals surface area contributed by atoms with E-state index in [1.165, 1.54) is 12.1 Å². The fraction of sp³-hybridized carbons (Fsp3) is 0.312. The van der Waals surface area contributed by atoms with Crippen molar-refractivity contribution in [2.45, 2.75) is 12.7 Å². The predicted octanol–water partition coefficient (Wildman–Crippen LogP) is 1.97. The van der Waals surface area contributed by atoms with E-state index in [0.717, 1.165) is 22.6 Å². The molecule has 2 aromatic rings. The summed E-state index contributed by atoms with van der Waals surface area (Å²) in [5.74, 6) is 0.285. The summed E-state index contributed by atoms with van der Waals surface area (Å²) in [6, 6.07) is 10.00. The van der Waals surface area contributed by atoms with E-state index < -0.39 is 16.9 Å². The summed E-state index contributed by atoms with van der Waals surface area (Å²) < 4.78 is 10.5. The summed E-state index contributed by atoms with van der Waals surface area (Å²) in [5, 5.41) is 22.8. The maximum Gasteiger partial charge on any atom is 0.324 e. The second-order valence-corrected chi connectivity index (χ2v) is 6.18. The number of benzene rings is 1. The molecule has 0 radical (unpaired) electrons. The van der Waals surface area contributed by atoms with Crippen LogP contribution < -0.4 is 10.1 Å². The van der Waals surface area contributed by atoms with Gasteiger partial charge in [0.2, 0.25) is 0 Å². The van der Waals surface area contributed by atoms with Crippen LogP contribution in [0.5, 0.6) is 5.75 Å². The van der Waals surface area contributed by atoms with Gasteiger partial charge in [-0.25, -0.2) is 0 Å². The molecule has 134 valence electrons. The Morgan fingerprint density at radius 3 is 2.64 bits per heavy atom. The standard InChI is InChI=1S/C16H18N2O6S/c1-23-13-4-2-11(3-5-13)9-24-10-12(19)8-17-16(20)14-6-7-15(25-14)18(21)22/h2-7,12,19H,8-10H2,1H3,(H,17,20). The molecular formula is C16H18N2O6S. The average Bonchev–Trinajstić information content (AvgIpc) is 3.11. The molecule has 0 spiro atoms. The van der Waals surface area contributed by atoms with Gasteiger partial charge in [-0.15, -0.1) is 0 Å². The highest BCUT2D eigenvalue weighted by atomic mass is 32.1. The molecule has 0 bridgehead atoms. The molecule has 1 unspecified atom stereocenters. The van der Waals surface area contributed by atoms with Crippen LogP contribution in [0.15, 0.2) is 36.4 Å². The Hall–Kier alpha value is -2.49. The van der Waals surface area contributed by atoms with E-state index in [2.05, 4.69) is 5.32 Å². The molecule has 1 amide bonds. The van der Waals surface area contributed by atoms with Gasteiger partial charge in [-0.3, -0.25) is 14.9 Å². The summed E-state index contributed by atoms with van der Waals surface area (Å²) in [4.78, 5) is 22.1. The summed E-state index contributed by atoms with van der Waals surface area (Å²) in [6.45, 7) is 0.371. The Kier molecular flexibility index (Phi) is 6.87. The van der Waals surface area contributed by atoms with Crippen LogP contribution in [0, 0.1) is 10.1 Å². The van der Waals surface area contributed by atoms with Crippen LogP contribution in [0.25, 0.3) is 0 Å². The topological polar surface area (TPSA) is 111 Å². The van der Waals surface area contributed by atoms with Crippen molar-refractivity contribution in [2.75, 3.05) is 20.3 Å². The van der Waals surface area contributed by atoms with Crippen molar-refractivity contribution < 1.29 is 24.3 Å². The van der Waals surface area contributed by atoms with Gasteiger partial charge in [0.15, 0.2) is 0 Å². The first kappa shape index (κ1) is 18.8. The number of nitrogens with zero attached hydrogens (tertiary/aromatic N) is 1. The van der Waals surface area contributed by atoms with Crippen molar-refractivity contribution in [2.24, 2.45) is 0 Å². The lowest BCUT2D eigenvalue weighted by molar-refractivity contribution is -0.380. The normalized spacial score (nSPS) is 11.8. The van der Waals surface area contributed by atoms with Gasteiger partial charge in [0, 0.05) is 12.6 Å². The zero-order valence-corrected chi connectivity index (χ0v) is 14.3. The maximum atomic E-state index is 11.9. The van der Waals surface area contributed by atoms with E-state index in [1.807, 2.05) is 24.3 Å². The number of thiophene rings is 1. The zero-order chi connectivity index (χ0) is 18.2. The van der Waals surface area contributed by atoms with Crippen LogP contribution in [0.2, 0.25) is 0 Å². The maximum absolute atomic E-state index is 11.9. The van der Waals surface area contributed by atoms with Crippen molar-refractivity contribution in [3.05, 3.63) is 57.0 Å². The number of carbonyl (C=O) groups excluding carboxylic acids is 1. The molecule has 9 heteroatoms. The third-order valence-electron chi connectivity index (χ3n) is 3.23. The van der Waals surface area contributed by atoms with Crippen LogP contribution >= 0.6 is 11.3 Å². The molecule has 1 atom stereocenters. The van der Waals surface area contributed by atoms with Crippen LogP contribution in [-0.4, -0.2) is 42.3 Å². The molecular weight excluding hydrogens is 348 g/mol. The lowest BCUT2D eigenvalue weighted by Gasteiger charge is -2.12. The first-order chi connectivity index (χ1) is 12.0. The van der Waals surface area contributed by atoms with E-state index in [-0.39, 0.29) is 23.0 Å². The number of amides is 1. The fourth-order valence-electron chi connectivity index (χ4n) is 1.94. The molecule has 1 aromatic carbocycles. The van der Waals surface area contributed by atoms with Crippen LogP contribution in [-0.2, 0) is 11.3 Å². The highest BCUT2D eigenvalue weighted by Crippen LogP contribution is 2.23. The Labute approximate surface area is 148 Å². The number of nitro groups is 1. The molecule has 25 heavy (non-hydrogen) atoms. The SMILES string of the molecule is COc1ccc(COCC(O)CNC(=O)c2ccc([N+](=O)[O-])s2)cc1. The van der Waals surface area contributed by atoms with Crippen molar-refractivity contribution in [1.29, 1.82) is 0 Å². The third kappa shape index (κ3) is 5.82. The van der Waals surface area contributed by atoms with Gasteiger partial charge in [0.05, 0.1) is 36.2 Å². The predicted molar refractivity (Wildman–Crippen MR) is 92.0 cm³/mol. The molecule has 1 aromatic heterocycles. The largest absolute Gasteiger partial charge is 0.497 e. The number of hydrogen-bond acceptors (Lipinski definition) is 7. The number of carbonyl (C=O) groups is 1. The molecule has 0 saturated heterocycles. The van der Waals surface area contributed by atoms with Crippen molar-refractivity contribution in [3.8, 4) is 5.75 Å². The third-order valence-corrected chi connectivity index (χ3v) is 4.27. The van der Waals surface area contributed by atoms with Gasteiger partial charge < -0.3 is 19.9 Å². The number of aliphatic hydroxyl groups is 1. The number of aliphatic hydroxyl groups excluding tert-OH is 1. The van der Waals surface area contributed by atoms with Gasteiger partial charge in [0.1, 0.15) is 5.75 Å². The minimum Gasteiger partial charge on any atom is -0.497 e. The Morgan fingerprint density at radius 2 is 2.04 bits per heavy atom. The minimum absolute atomic E-state index is 0.00680. The van der Waals surface area contributed by atoms with Crippen molar-refractivity contribution in [3.63, 3.8) is 0 Å². The highest BCUT2D eigenvalue weighted by Gasteiger charge is 2.16. The van der Waals surface area contributed by atoms with E-state index in [1.54, 1.807) is 7.11 Å². The molecule has 0 aliphatic carbocycles. The Morgan fingerprint density at radius 1 is 1.32 bits per heavy atom. The highest BCUT2D eigenvalue weighted by molar-refractivity contribution is 7.17. The quantitative estimate of drug-likeness (QED) is 0.518. The minimum atomic E-state index is -0.878. The zero-order valence-electron chi connectivity index (χ0n) is 13.5. The van der Waals surface area contributed by atoms with Gasteiger partial charge in [-0.2, -0.15) is 0 Å². The molecule has 0 fully saturated rings. The first-order valence-corrected chi connectivity index (χ1v) is 8.22. The van der Waals surface area contributed by atoms with Gasteiger partial charge in [-0.1, -0.05) is 23.5 Å². The van der Waals surface area contributed by atoms with E-state index in [4.69, 9.17) is 9.47 Å². The molecule has 8 nitrogen and oxygen atoms in total. The second kappa shape index (κ2) is 9.11. The number of methoxy groups -OCH3 is 1. The van der Waals surface area contributed by atoms with Gasteiger partial charge in [0.25, 0.3) is 5.91 Å². The monoisotopic (exact) mass is 366 g/mol. The molecule has 2 N–H and O–H groups in total. The van der Waals surface area contributed by atoms with Gasteiger partial charge >= 0.3 is 5.00 Å². The first-order valence-electron chi connectivity index (χ1n) is 7.40. The van der Waals surface area contributed by atoms with Crippen LogP contribution in [0.3, 0.4) is 0 Å². The fourth-order valence-corrected chi connectivity index (χ4v) is 2.68. The summed E-state index contributed by atoms with van der Waals surface area (Å²) >= 11 is 0.785.